The van der Waals surface area contributed by atoms with Gasteiger partial charge in [0.15, 0.2) is 0 Å². The zero-order valence-corrected chi connectivity index (χ0v) is 8.72. The topological polar surface area (TPSA) is 55.1 Å². The van der Waals surface area contributed by atoms with Crippen molar-refractivity contribution in [3.63, 3.8) is 0 Å². The molecule has 0 aromatic carbocycles. The fourth-order valence-electron chi connectivity index (χ4n) is 2.09. The van der Waals surface area contributed by atoms with Gasteiger partial charge in [0.1, 0.15) is 0 Å². The van der Waals surface area contributed by atoms with Gasteiger partial charge < -0.3 is 11.1 Å². The summed E-state index contributed by atoms with van der Waals surface area (Å²) < 4.78 is 0. The molecule has 80 valence electrons. The van der Waals surface area contributed by atoms with E-state index in [9.17, 15) is 4.79 Å². The molecule has 0 heterocycles. The number of rotatable bonds is 5. The minimum atomic E-state index is 0.277. The Morgan fingerprint density at radius 3 is 2.57 bits per heavy atom. The van der Waals surface area contributed by atoms with E-state index in [0.717, 1.165) is 32.4 Å². The second kappa shape index (κ2) is 3.89. The summed E-state index contributed by atoms with van der Waals surface area (Å²) >= 11 is 0. The number of amides is 1. The van der Waals surface area contributed by atoms with Crippen LogP contribution in [0, 0.1) is 11.3 Å². The molecule has 14 heavy (non-hydrogen) atoms. The van der Waals surface area contributed by atoms with Crippen LogP contribution in [0.5, 0.6) is 0 Å². The van der Waals surface area contributed by atoms with Gasteiger partial charge in [0.2, 0.25) is 5.91 Å². The van der Waals surface area contributed by atoms with Crippen LogP contribution < -0.4 is 11.1 Å². The smallest absolute Gasteiger partial charge is 0.223 e. The molecule has 0 aromatic rings. The molecule has 2 rings (SSSR count). The van der Waals surface area contributed by atoms with Gasteiger partial charge >= 0.3 is 0 Å². The SMILES string of the molecule is NCCC1(CNC(=O)C2CCC2)CC1. The van der Waals surface area contributed by atoms with Gasteiger partial charge in [-0.05, 0) is 44.1 Å². The third kappa shape index (κ3) is 2.08. The first kappa shape index (κ1) is 9.97. The van der Waals surface area contributed by atoms with Gasteiger partial charge in [0, 0.05) is 12.5 Å². The highest BCUT2D eigenvalue weighted by Crippen LogP contribution is 2.47. The van der Waals surface area contributed by atoms with Crippen molar-refractivity contribution >= 4 is 5.91 Å². The summed E-state index contributed by atoms with van der Waals surface area (Å²) in [5.74, 6) is 0.600. The predicted octanol–water partition coefficient (Wildman–Crippen LogP) is 1.03. The van der Waals surface area contributed by atoms with E-state index in [4.69, 9.17) is 5.73 Å². The number of nitrogens with two attached hydrogens (primary N) is 1. The predicted molar refractivity (Wildman–Crippen MR) is 55.7 cm³/mol. The van der Waals surface area contributed by atoms with Crippen molar-refractivity contribution < 1.29 is 4.79 Å². The van der Waals surface area contributed by atoms with Crippen LogP contribution in [-0.2, 0) is 4.79 Å². The molecule has 3 heteroatoms. The Morgan fingerprint density at radius 2 is 2.14 bits per heavy atom. The Bertz CT molecular complexity index is 219. The second-order valence-corrected chi connectivity index (χ2v) is 4.88. The molecule has 3 N–H and O–H groups in total. The van der Waals surface area contributed by atoms with Crippen molar-refractivity contribution in [1.82, 2.24) is 5.32 Å². The van der Waals surface area contributed by atoms with Crippen LogP contribution in [0.1, 0.15) is 38.5 Å². The maximum absolute atomic E-state index is 11.6. The van der Waals surface area contributed by atoms with Crippen LogP contribution in [0.25, 0.3) is 0 Å². The Hall–Kier alpha value is -0.570. The van der Waals surface area contributed by atoms with Crippen LogP contribution in [-0.4, -0.2) is 19.0 Å². The average molecular weight is 196 g/mol. The molecule has 0 radical (unpaired) electrons. The zero-order valence-electron chi connectivity index (χ0n) is 8.72. The van der Waals surface area contributed by atoms with Gasteiger partial charge in [0.05, 0.1) is 0 Å². The largest absolute Gasteiger partial charge is 0.355 e. The van der Waals surface area contributed by atoms with Crippen molar-refractivity contribution in [1.29, 1.82) is 0 Å². The highest BCUT2D eigenvalue weighted by Gasteiger charge is 2.42. The van der Waals surface area contributed by atoms with E-state index in [2.05, 4.69) is 5.32 Å². The van der Waals surface area contributed by atoms with E-state index < -0.39 is 0 Å². The van der Waals surface area contributed by atoms with E-state index >= 15 is 0 Å². The summed E-state index contributed by atoms with van der Waals surface area (Å²) in [4.78, 5) is 11.6. The fraction of sp³-hybridized carbons (Fsp3) is 0.909. The summed E-state index contributed by atoms with van der Waals surface area (Å²) in [6.07, 6.45) is 6.97. The monoisotopic (exact) mass is 196 g/mol. The number of hydrogen-bond donors (Lipinski definition) is 2. The quantitative estimate of drug-likeness (QED) is 0.690. The third-order valence-electron chi connectivity index (χ3n) is 3.75. The van der Waals surface area contributed by atoms with Gasteiger partial charge in [-0.25, -0.2) is 0 Å². The molecule has 0 unspecified atom stereocenters. The van der Waals surface area contributed by atoms with Crippen LogP contribution in [0.4, 0.5) is 0 Å². The molecule has 2 aliphatic rings. The van der Waals surface area contributed by atoms with Crippen molar-refractivity contribution in [3.05, 3.63) is 0 Å². The summed E-state index contributed by atoms with van der Waals surface area (Å²) in [5.41, 5.74) is 5.93. The number of carbonyl (C=O) groups excluding carboxylic acids is 1. The van der Waals surface area contributed by atoms with Gasteiger partial charge in [-0.2, -0.15) is 0 Å². The van der Waals surface area contributed by atoms with Crippen LogP contribution in [0.15, 0.2) is 0 Å². The molecule has 0 aliphatic heterocycles. The van der Waals surface area contributed by atoms with Gasteiger partial charge in [-0.15, -0.1) is 0 Å². The summed E-state index contributed by atoms with van der Waals surface area (Å²) in [6, 6.07) is 0. The highest BCUT2D eigenvalue weighted by molar-refractivity contribution is 5.79. The molecule has 0 atom stereocenters. The lowest BCUT2D eigenvalue weighted by Crippen LogP contribution is -2.38. The molecule has 3 nitrogen and oxygen atoms in total. The highest BCUT2D eigenvalue weighted by atomic mass is 16.1. The fourth-order valence-corrected chi connectivity index (χ4v) is 2.09. The number of nitrogens with one attached hydrogen (secondary N) is 1. The summed E-state index contributed by atoms with van der Waals surface area (Å²) in [5, 5.41) is 3.08. The zero-order chi connectivity index (χ0) is 10.0. The van der Waals surface area contributed by atoms with Crippen LogP contribution in [0.2, 0.25) is 0 Å². The molecule has 0 spiro atoms. The first-order valence-corrected chi connectivity index (χ1v) is 5.74. The van der Waals surface area contributed by atoms with Crippen molar-refractivity contribution in [3.8, 4) is 0 Å². The first-order chi connectivity index (χ1) is 6.76. The lowest BCUT2D eigenvalue weighted by atomic mass is 9.84. The Balaban J connectivity index is 1.68. The van der Waals surface area contributed by atoms with Crippen molar-refractivity contribution in [2.45, 2.75) is 38.5 Å². The Kier molecular flexibility index (Phi) is 2.77. The second-order valence-electron chi connectivity index (χ2n) is 4.88. The molecular formula is C11H20N2O. The maximum atomic E-state index is 11.6. The molecule has 0 bridgehead atoms. The Labute approximate surface area is 85.4 Å². The van der Waals surface area contributed by atoms with E-state index in [1.807, 2.05) is 0 Å². The lowest BCUT2D eigenvalue weighted by Gasteiger charge is -2.25. The lowest BCUT2D eigenvalue weighted by molar-refractivity contribution is -0.127. The maximum Gasteiger partial charge on any atom is 0.223 e. The van der Waals surface area contributed by atoms with E-state index in [1.54, 1.807) is 0 Å². The summed E-state index contributed by atoms with van der Waals surface area (Å²) in [6.45, 7) is 1.61. The normalized spacial score (nSPS) is 24.1. The number of carbonyl (C=O) groups is 1. The Morgan fingerprint density at radius 1 is 1.43 bits per heavy atom. The third-order valence-corrected chi connectivity index (χ3v) is 3.75. The standard InChI is InChI=1S/C11H20N2O/c12-7-6-11(4-5-11)8-13-10(14)9-2-1-3-9/h9H,1-8,12H2,(H,13,14). The van der Waals surface area contributed by atoms with Crippen molar-refractivity contribution in [2.75, 3.05) is 13.1 Å². The van der Waals surface area contributed by atoms with Crippen LogP contribution in [0.3, 0.4) is 0 Å². The average Bonchev–Trinajstić information content (AvgIpc) is 2.80. The molecule has 2 aliphatic carbocycles. The van der Waals surface area contributed by atoms with Crippen LogP contribution >= 0.6 is 0 Å². The summed E-state index contributed by atoms with van der Waals surface area (Å²) in [7, 11) is 0. The van der Waals surface area contributed by atoms with E-state index in [-0.39, 0.29) is 5.91 Å². The van der Waals surface area contributed by atoms with Gasteiger partial charge in [0.25, 0.3) is 0 Å². The van der Waals surface area contributed by atoms with Gasteiger partial charge in [-0.1, -0.05) is 6.42 Å². The molecule has 2 fully saturated rings. The minimum absolute atomic E-state index is 0.277. The van der Waals surface area contributed by atoms with Crippen molar-refractivity contribution in [2.24, 2.45) is 17.1 Å². The molecule has 2 saturated carbocycles. The number of hydrogen-bond acceptors (Lipinski definition) is 2. The first-order valence-electron chi connectivity index (χ1n) is 5.74. The molecule has 0 saturated heterocycles. The van der Waals surface area contributed by atoms with Gasteiger partial charge in [-0.3, -0.25) is 4.79 Å². The molecule has 1 amide bonds. The van der Waals surface area contributed by atoms with E-state index in [1.165, 1.54) is 19.3 Å². The minimum Gasteiger partial charge on any atom is -0.355 e. The molecular weight excluding hydrogens is 176 g/mol. The van der Waals surface area contributed by atoms with E-state index in [0.29, 0.717) is 11.3 Å². The molecule has 0 aromatic heterocycles.